The second kappa shape index (κ2) is 7.51. The van der Waals surface area contributed by atoms with Gasteiger partial charge in [-0.25, -0.2) is 4.39 Å². The van der Waals surface area contributed by atoms with E-state index >= 15 is 0 Å². The summed E-state index contributed by atoms with van der Waals surface area (Å²) < 4.78 is 13.0. The fourth-order valence-corrected chi connectivity index (χ4v) is 2.46. The van der Waals surface area contributed by atoms with Crippen LogP contribution in [-0.4, -0.2) is 10.9 Å². The molecule has 0 aliphatic heterocycles. The van der Waals surface area contributed by atoms with E-state index in [1.54, 1.807) is 42.6 Å². The summed E-state index contributed by atoms with van der Waals surface area (Å²) in [6, 6.07) is 12.3. The van der Waals surface area contributed by atoms with Crippen LogP contribution in [0.3, 0.4) is 0 Å². The molecule has 3 aromatic rings. The predicted molar refractivity (Wildman–Crippen MR) is 98.3 cm³/mol. The minimum absolute atomic E-state index is 0.324. The van der Waals surface area contributed by atoms with Gasteiger partial charge in [0, 0.05) is 16.9 Å². The van der Waals surface area contributed by atoms with E-state index in [0.717, 1.165) is 0 Å². The third kappa shape index (κ3) is 4.47. The van der Waals surface area contributed by atoms with Crippen LogP contribution < -0.4 is 10.6 Å². The summed E-state index contributed by atoms with van der Waals surface area (Å²) in [4.78, 5) is 16.4. The zero-order chi connectivity index (χ0) is 17.8. The van der Waals surface area contributed by atoms with E-state index < -0.39 is 0 Å². The van der Waals surface area contributed by atoms with Gasteiger partial charge in [-0.2, -0.15) is 0 Å². The van der Waals surface area contributed by atoms with Gasteiger partial charge >= 0.3 is 0 Å². The minimum Gasteiger partial charge on any atom is -0.354 e. The summed E-state index contributed by atoms with van der Waals surface area (Å²) >= 11 is 12.0. The van der Waals surface area contributed by atoms with Crippen LogP contribution in [0.4, 0.5) is 21.5 Å². The van der Waals surface area contributed by atoms with E-state index in [0.29, 0.717) is 32.7 Å². The number of aromatic nitrogens is 1. The summed E-state index contributed by atoms with van der Waals surface area (Å²) in [5.41, 5.74) is 2.02. The summed E-state index contributed by atoms with van der Waals surface area (Å²) in [5.74, 6) is -0.699. The highest BCUT2D eigenvalue weighted by Gasteiger charge is 2.10. The maximum atomic E-state index is 13.0. The Morgan fingerprint density at radius 1 is 0.960 bits per heavy atom. The first-order valence-corrected chi connectivity index (χ1v) is 8.01. The van der Waals surface area contributed by atoms with E-state index in [-0.39, 0.29) is 11.7 Å². The Morgan fingerprint density at radius 3 is 2.48 bits per heavy atom. The van der Waals surface area contributed by atoms with Gasteiger partial charge in [0.05, 0.1) is 28.2 Å². The van der Waals surface area contributed by atoms with Crippen molar-refractivity contribution in [1.82, 2.24) is 4.98 Å². The minimum atomic E-state index is -0.376. The summed E-state index contributed by atoms with van der Waals surface area (Å²) in [6.07, 6.45) is 3.00. The van der Waals surface area contributed by atoms with Crippen LogP contribution in [0.1, 0.15) is 10.4 Å². The molecule has 0 saturated heterocycles. The fourth-order valence-electron chi connectivity index (χ4n) is 2.12. The van der Waals surface area contributed by atoms with E-state index in [1.165, 1.54) is 18.3 Å². The zero-order valence-corrected chi connectivity index (χ0v) is 14.3. The van der Waals surface area contributed by atoms with Crippen LogP contribution in [0.15, 0.2) is 60.9 Å². The van der Waals surface area contributed by atoms with Gasteiger partial charge in [0.2, 0.25) is 0 Å². The molecule has 0 bridgehead atoms. The van der Waals surface area contributed by atoms with Crippen molar-refractivity contribution in [3.63, 3.8) is 0 Å². The number of halogens is 3. The number of anilines is 3. The molecule has 3 rings (SSSR count). The summed E-state index contributed by atoms with van der Waals surface area (Å²) in [7, 11) is 0. The van der Waals surface area contributed by atoms with E-state index in [4.69, 9.17) is 23.2 Å². The highest BCUT2D eigenvalue weighted by Crippen LogP contribution is 2.26. The van der Waals surface area contributed by atoms with E-state index in [9.17, 15) is 9.18 Å². The van der Waals surface area contributed by atoms with Crippen LogP contribution in [-0.2, 0) is 0 Å². The summed E-state index contributed by atoms with van der Waals surface area (Å²) in [6.45, 7) is 0. The van der Waals surface area contributed by atoms with Crippen molar-refractivity contribution in [2.24, 2.45) is 0 Å². The number of nitrogens with zero attached hydrogens (tertiary/aromatic N) is 1. The predicted octanol–water partition coefficient (Wildman–Crippen LogP) is 5.52. The highest BCUT2D eigenvalue weighted by molar-refractivity contribution is 6.35. The lowest BCUT2D eigenvalue weighted by Crippen LogP contribution is -2.12. The van der Waals surface area contributed by atoms with Gasteiger partial charge in [0.15, 0.2) is 0 Å². The lowest BCUT2D eigenvalue weighted by molar-refractivity contribution is 0.102. The first kappa shape index (κ1) is 17.2. The second-order valence-corrected chi connectivity index (χ2v) is 6.02. The average molecular weight is 376 g/mol. The van der Waals surface area contributed by atoms with Crippen molar-refractivity contribution >= 4 is 46.2 Å². The number of rotatable bonds is 4. The standard InChI is InChI=1S/C18H12Cl2FN3O/c19-12-1-6-16(20)17(8-12)24-18(25)11-7-15(10-22-9-11)23-14-4-2-13(21)3-5-14/h1-10,23H,(H,24,25). The molecule has 0 aliphatic carbocycles. The Bertz CT molecular complexity index is 916. The van der Waals surface area contributed by atoms with Crippen molar-refractivity contribution < 1.29 is 9.18 Å². The smallest absolute Gasteiger partial charge is 0.257 e. The maximum Gasteiger partial charge on any atom is 0.257 e. The zero-order valence-electron chi connectivity index (χ0n) is 12.8. The van der Waals surface area contributed by atoms with Gasteiger partial charge in [0.25, 0.3) is 5.91 Å². The van der Waals surface area contributed by atoms with E-state index in [2.05, 4.69) is 15.6 Å². The molecule has 2 N–H and O–H groups in total. The number of hydrogen-bond donors (Lipinski definition) is 2. The van der Waals surface area contributed by atoms with Gasteiger partial charge < -0.3 is 10.6 Å². The number of benzene rings is 2. The maximum absolute atomic E-state index is 13.0. The third-order valence-electron chi connectivity index (χ3n) is 3.31. The Morgan fingerprint density at radius 2 is 1.72 bits per heavy atom. The molecule has 4 nitrogen and oxygen atoms in total. The number of carbonyl (C=O) groups excluding carboxylic acids is 1. The number of nitrogens with one attached hydrogen (secondary N) is 2. The number of carbonyl (C=O) groups is 1. The molecule has 0 radical (unpaired) electrons. The largest absolute Gasteiger partial charge is 0.354 e. The summed E-state index contributed by atoms with van der Waals surface area (Å²) in [5, 5.41) is 6.59. The Labute approximate surface area is 153 Å². The normalized spacial score (nSPS) is 10.4. The Hall–Kier alpha value is -2.63. The van der Waals surface area contributed by atoms with Crippen molar-refractivity contribution in [2.75, 3.05) is 10.6 Å². The molecule has 0 saturated carbocycles. The molecule has 7 heteroatoms. The molecule has 0 unspecified atom stereocenters. The molecule has 25 heavy (non-hydrogen) atoms. The van der Waals surface area contributed by atoms with Gasteiger partial charge in [-0.15, -0.1) is 0 Å². The van der Waals surface area contributed by atoms with Crippen LogP contribution in [0.25, 0.3) is 0 Å². The molecule has 126 valence electrons. The molecular weight excluding hydrogens is 364 g/mol. The topological polar surface area (TPSA) is 54.0 Å². The first-order valence-electron chi connectivity index (χ1n) is 7.25. The first-order chi connectivity index (χ1) is 12.0. The van der Waals surface area contributed by atoms with E-state index in [1.807, 2.05) is 0 Å². The van der Waals surface area contributed by atoms with Crippen LogP contribution in [0.5, 0.6) is 0 Å². The van der Waals surface area contributed by atoms with Crippen molar-refractivity contribution in [3.05, 3.63) is 82.4 Å². The van der Waals surface area contributed by atoms with Gasteiger partial charge in [-0.1, -0.05) is 23.2 Å². The van der Waals surface area contributed by atoms with Crippen molar-refractivity contribution in [3.8, 4) is 0 Å². The van der Waals surface area contributed by atoms with Crippen LogP contribution >= 0.6 is 23.2 Å². The SMILES string of the molecule is O=C(Nc1cc(Cl)ccc1Cl)c1cncc(Nc2ccc(F)cc2)c1. The Balaban J connectivity index is 1.77. The molecule has 1 heterocycles. The molecule has 0 spiro atoms. The molecule has 1 amide bonds. The number of pyridine rings is 1. The Kier molecular flexibility index (Phi) is 5.16. The molecule has 1 aromatic heterocycles. The van der Waals surface area contributed by atoms with Gasteiger partial charge in [0.1, 0.15) is 5.82 Å². The lowest BCUT2D eigenvalue weighted by Gasteiger charge is -2.10. The molecule has 0 aliphatic rings. The van der Waals surface area contributed by atoms with Crippen LogP contribution in [0.2, 0.25) is 10.0 Å². The van der Waals surface area contributed by atoms with Gasteiger partial charge in [-0.3, -0.25) is 9.78 Å². The fraction of sp³-hybridized carbons (Fsp3) is 0. The molecular formula is C18H12Cl2FN3O. The molecule has 0 fully saturated rings. The lowest BCUT2D eigenvalue weighted by atomic mass is 10.2. The number of hydrogen-bond acceptors (Lipinski definition) is 3. The number of amides is 1. The monoisotopic (exact) mass is 375 g/mol. The quantitative estimate of drug-likeness (QED) is 0.630. The molecule has 0 atom stereocenters. The average Bonchev–Trinajstić information content (AvgIpc) is 2.60. The van der Waals surface area contributed by atoms with Crippen molar-refractivity contribution in [1.29, 1.82) is 0 Å². The second-order valence-electron chi connectivity index (χ2n) is 5.17. The molecule has 2 aromatic carbocycles. The third-order valence-corrected chi connectivity index (χ3v) is 3.87. The van der Waals surface area contributed by atoms with Crippen molar-refractivity contribution in [2.45, 2.75) is 0 Å². The van der Waals surface area contributed by atoms with Gasteiger partial charge in [-0.05, 0) is 48.5 Å². The highest BCUT2D eigenvalue weighted by atomic mass is 35.5. The van der Waals surface area contributed by atoms with Crippen LogP contribution in [0, 0.1) is 5.82 Å².